The Bertz CT molecular complexity index is 480. The molecule has 0 saturated carbocycles. The number of hydrogen-bond acceptors (Lipinski definition) is 3. The zero-order valence-corrected chi connectivity index (χ0v) is 12.3. The molecule has 2 rings (SSSR count). The van der Waals surface area contributed by atoms with Crippen LogP contribution in [0.4, 0.5) is 0 Å². The molecule has 0 unspecified atom stereocenters. The van der Waals surface area contributed by atoms with Crippen molar-refractivity contribution < 1.29 is 9.53 Å². The smallest absolute Gasteiger partial charge is 0.320 e. The van der Waals surface area contributed by atoms with Crippen LogP contribution >= 0.6 is 0 Å². The van der Waals surface area contributed by atoms with E-state index in [-0.39, 0.29) is 5.97 Å². The first kappa shape index (κ1) is 14.1. The number of rotatable bonds is 2. The minimum Gasteiger partial charge on any atom is -0.459 e. The van der Waals surface area contributed by atoms with Gasteiger partial charge < -0.3 is 4.74 Å². The second-order valence-electron chi connectivity index (χ2n) is 6.32. The van der Waals surface area contributed by atoms with Gasteiger partial charge in [-0.25, -0.2) is 0 Å². The lowest BCUT2D eigenvalue weighted by Crippen LogP contribution is -2.38. The highest BCUT2D eigenvalue weighted by atomic mass is 16.6. The van der Waals surface area contributed by atoms with Crippen LogP contribution in [0.5, 0.6) is 0 Å². The molecule has 1 heterocycles. The van der Waals surface area contributed by atoms with E-state index in [1.807, 2.05) is 20.8 Å². The van der Waals surface area contributed by atoms with Gasteiger partial charge in [0.15, 0.2) is 0 Å². The minimum absolute atomic E-state index is 0.136. The van der Waals surface area contributed by atoms with Gasteiger partial charge in [-0.2, -0.15) is 0 Å². The summed E-state index contributed by atoms with van der Waals surface area (Å²) >= 11 is 0. The van der Waals surface area contributed by atoms with Gasteiger partial charge in [0.05, 0.1) is 6.54 Å². The van der Waals surface area contributed by atoms with E-state index in [1.165, 1.54) is 16.6 Å². The summed E-state index contributed by atoms with van der Waals surface area (Å²) in [4.78, 5) is 14.0. The molecule has 0 bridgehead atoms. The summed E-state index contributed by atoms with van der Waals surface area (Å²) in [6, 6.07) is 6.56. The van der Waals surface area contributed by atoms with Crippen LogP contribution in [0.2, 0.25) is 0 Å². The van der Waals surface area contributed by atoms with Crippen LogP contribution in [0.15, 0.2) is 18.2 Å². The quantitative estimate of drug-likeness (QED) is 0.577. The third-order valence-corrected chi connectivity index (χ3v) is 3.23. The zero-order valence-electron chi connectivity index (χ0n) is 12.3. The summed E-state index contributed by atoms with van der Waals surface area (Å²) in [6.45, 7) is 7.85. The summed E-state index contributed by atoms with van der Waals surface area (Å²) in [5.41, 5.74) is 3.65. The number of hydrogen-bond donors (Lipinski definition) is 0. The van der Waals surface area contributed by atoms with E-state index in [1.54, 1.807) is 0 Å². The summed E-state index contributed by atoms with van der Waals surface area (Å²) in [5.74, 6) is -0.136. The van der Waals surface area contributed by atoms with Crippen molar-refractivity contribution in [1.82, 2.24) is 4.90 Å². The SMILES string of the molecule is Bc1ccc2c(c1)CCN(CC(=O)OC(C)(C)C)C2. The number of carbonyl (C=O) groups is 1. The average molecular weight is 259 g/mol. The molecule has 0 radical (unpaired) electrons. The first-order valence-electron chi connectivity index (χ1n) is 6.86. The highest BCUT2D eigenvalue weighted by Gasteiger charge is 2.22. The maximum Gasteiger partial charge on any atom is 0.320 e. The van der Waals surface area contributed by atoms with Gasteiger partial charge in [-0.1, -0.05) is 23.7 Å². The van der Waals surface area contributed by atoms with Crippen molar-refractivity contribution in [2.75, 3.05) is 13.1 Å². The van der Waals surface area contributed by atoms with Crippen LogP contribution < -0.4 is 5.46 Å². The Balaban J connectivity index is 1.95. The molecule has 0 amide bonds. The molecule has 1 aromatic rings. The van der Waals surface area contributed by atoms with Crippen LogP contribution in [0.3, 0.4) is 0 Å². The molecule has 1 aromatic carbocycles. The molecule has 0 N–H and O–H groups in total. The molecule has 1 aliphatic heterocycles. The van der Waals surface area contributed by atoms with E-state index in [0.717, 1.165) is 19.5 Å². The lowest BCUT2D eigenvalue weighted by Gasteiger charge is -2.29. The second-order valence-corrected chi connectivity index (χ2v) is 6.32. The fourth-order valence-electron chi connectivity index (χ4n) is 2.43. The predicted octanol–water partition coefficient (Wildman–Crippen LogP) is 0.645. The molecule has 1 aliphatic rings. The van der Waals surface area contributed by atoms with Gasteiger partial charge in [0, 0.05) is 13.1 Å². The minimum atomic E-state index is -0.401. The summed E-state index contributed by atoms with van der Waals surface area (Å²) in [6.07, 6.45) is 1.01. The van der Waals surface area contributed by atoms with E-state index in [2.05, 4.69) is 30.9 Å². The molecule has 0 spiro atoms. The van der Waals surface area contributed by atoms with Gasteiger partial charge >= 0.3 is 5.97 Å². The van der Waals surface area contributed by atoms with Crippen molar-refractivity contribution in [1.29, 1.82) is 0 Å². The Morgan fingerprint density at radius 3 is 2.79 bits per heavy atom. The van der Waals surface area contributed by atoms with Crippen molar-refractivity contribution in [2.45, 2.75) is 39.3 Å². The van der Waals surface area contributed by atoms with E-state index in [9.17, 15) is 4.79 Å². The molecule has 0 saturated heterocycles. The van der Waals surface area contributed by atoms with Gasteiger partial charge in [-0.3, -0.25) is 9.69 Å². The lowest BCUT2D eigenvalue weighted by molar-refractivity contribution is -0.156. The molecule has 0 aromatic heterocycles. The zero-order chi connectivity index (χ0) is 14.0. The third-order valence-electron chi connectivity index (χ3n) is 3.23. The maximum absolute atomic E-state index is 11.8. The number of benzene rings is 1. The highest BCUT2D eigenvalue weighted by Crippen LogP contribution is 2.18. The Kier molecular flexibility index (Phi) is 4.00. The monoisotopic (exact) mass is 259 g/mol. The van der Waals surface area contributed by atoms with Crippen molar-refractivity contribution >= 4 is 19.3 Å². The standard InChI is InChI=1S/C15H22BNO2/c1-15(2,3)19-14(18)10-17-7-6-11-8-13(16)5-4-12(11)9-17/h4-5,8H,6-7,9-10,16H2,1-3H3. The molecule has 4 heteroatoms. The van der Waals surface area contributed by atoms with Crippen LogP contribution in [0, 0.1) is 0 Å². The van der Waals surface area contributed by atoms with Crippen molar-refractivity contribution in [3.8, 4) is 0 Å². The fourth-order valence-corrected chi connectivity index (χ4v) is 2.43. The Hall–Kier alpha value is -1.29. The molecular formula is C15H22BNO2. The predicted molar refractivity (Wildman–Crippen MR) is 79.4 cm³/mol. The van der Waals surface area contributed by atoms with Crippen LogP contribution in [-0.4, -0.2) is 37.4 Å². The van der Waals surface area contributed by atoms with Gasteiger partial charge in [0.2, 0.25) is 0 Å². The summed E-state index contributed by atoms with van der Waals surface area (Å²) < 4.78 is 5.37. The van der Waals surface area contributed by atoms with Crippen molar-refractivity contribution in [3.63, 3.8) is 0 Å². The van der Waals surface area contributed by atoms with E-state index >= 15 is 0 Å². The number of nitrogens with zero attached hydrogens (tertiary/aromatic N) is 1. The first-order chi connectivity index (χ1) is 8.83. The average Bonchev–Trinajstić information content (AvgIpc) is 2.26. The van der Waals surface area contributed by atoms with Crippen molar-refractivity contribution in [3.05, 3.63) is 29.3 Å². The molecule has 0 fully saturated rings. The number of esters is 1. The normalized spacial score (nSPS) is 15.9. The number of ether oxygens (including phenoxy) is 1. The molecule has 3 nitrogen and oxygen atoms in total. The van der Waals surface area contributed by atoms with Crippen molar-refractivity contribution in [2.24, 2.45) is 0 Å². The lowest BCUT2D eigenvalue weighted by atomic mass is 9.89. The van der Waals surface area contributed by atoms with E-state index in [4.69, 9.17) is 4.74 Å². The van der Waals surface area contributed by atoms with Gasteiger partial charge in [0.1, 0.15) is 13.4 Å². The van der Waals surface area contributed by atoms with Gasteiger partial charge in [0.25, 0.3) is 0 Å². The Morgan fingerprint density at radius 2 is 2.11 bits per heavy atom. The molecule has 0 aliphatic carbocycles. The molecule has 19 heavy (non-hydrogen) atoms. The van der Waals surface area contributed by atoms with E-state index < -0.39 is 5.60 Å². The molecular weight excluding hydrogens is 237 g/mol. The topological polar surface area (TPSA) is 29.5 Å². The van der Waals surface area contributed by atoms with Crippen LogP contribution in [0.1, 0.15) is 31.9 Å². The Morgan fingerprint density at radius 1 is 1.37 bits per heavy atom. The van der Waals surface area contributed by atoms with Gasteiger partial charge in [-0.15, -0.1) is 0 Å². The number of carbonyl (C=O) groups excluding carboxylic acids is 1. The van der Waals surface area contributed by atoms with E-state index in [0.29, 0.717) is 6.54 Å². The van der Waals surface area contributed by atoms with Crippen LogP contribution in [-0.2, 0) is 22.5 Å². The Labute approximate surface area is 116 Å². The summed E-state index contributed by atoms with van der Waals surface area (Å²) in [5, 5.41) is 0. The fraction of sp³-hybridized carbons (Fsp3) is 0.533. The summed E-state index contributed by atoms with van der Waals surface area (Å²) in [7, 11) is 2.12. The largest absolute Gasteiger partial charge is 0.459 e. The third kappa shape index (κ3) is 4.10. The second kappa shape index (κ2) is 5.37. The van der Waals surface area contributed by atoms with Gasteiger partial charge in [-0.05, 0) is 38.3 Å². The highest BCUT2D eigenvalue weighted by molar-refractivity contribution is 6.32. The first-order valence-corrected chi connectivity index (χ1v) is 6.86. The maximum atomic E-state index is 11.8. The number of fused-ring (bicyclic) bond motifs is 1. The van der Waals surface area contributed by atoms with Crippen LogP contribution in [0.25, 0.3) is 0 Å². The molecule has 102 valence electrons. The molecule has 0 atom stereocenters.